The van der Waals surface area contributed by atoms with Crippen molar-refractivity contribution in [3.63, 3.8) is 0 Å². The summed E-state index contributed by atoms with van der Waals surface area (Å²) in [5.74, 6) is 0.601. The van der Waals surface area contributed by atoms with Gasteiger partial charge in [0, 0.05) is 43.6 Å². The van der Waals surface area contributed by atoms with Crippen LogP contribution in [0.25, 0.3) is 0 Å². The highest BCUT2D eigenvalue weighted by atomic mass is 15.1. The van der Waals surface area contributed by atoms with E-state index in [4.69, 9.17) is 0 Å². The first-order chi connectivity index (χ1) is 7.16. The number of aryl methyl sites for hydroxylation is 1. The zero-order valence-electron chi connectivity index (χ0n) is 9.75. The van der Waals surface area contributed by atoms with Crippen LogP contribution in [0.15, 0.2) is 12.1 Å². The van der Waals surface area contributed by atoms with E-state index in [1.165, 1.54) is 17.8 Å². The van der Waals surface area contributed by atoms with E-state index in [9.17, 15) is 0 Å². The fourth-order valence-electron chi connectivity index (χ4n) is 2.05. The number of hydrogen-bond acceptors (Lipinski definition) is 3. The zero-order valence-corrected chi connectivity index (χ0v) is 9.75. The summed E-state index contributed by atoms with van der Waals surface area (Å²) >= 11 is 0. The van der Waals surface area contributed by atoms with Crippen LogP contribution in [0.3, 0.4) is 0 Å². The molecule has 2 heterocycles. The summed E-state index contributed by atoms with van der Waals surface area (Å²) in [7, 11) is 4.15. The number of hydrogen-bond donors (Lipinski definition) is 1. The maximum absolute atomic E-state index is 4.63. The third-order valence-electron chi connectivity index (χ3n) is 2.95. The van der Waals surface area contributed by atoms with E-state index in [0.717, 1.165) is 18.8 Å². The number of nitrogens with zero attached hydrogens (tertiary/aromatic N) is 2. The molecular formula is C12H19N3. The van der Waals surface area contributed by atoms with Crippen LogP contribution >= 0.6 is 0 Å². The predicted molar refractivity (Wildman–Crippen MR) is 63.5 cm³/mol. The van der Waals surface area contributed by atoms with Crippen LogP contribution in [-0.2, 0) is 0 Å². The van der Waals surface area contributed by atoms with Gasteiger partial charge in [0.2, 0.25) is 0 Å². The summed E-state index contributed by atoms with van der Waals surface area (Å²) in [6, 6.07) is 4.34. The molecule has 15 heavy (non-hydrogen) atoms. The minimum atomic E-state index is 0.601. The quantitative estimate of drug-likeness (QED) is 0.793. The molecule has 1 atom stereocenters. The number of nitrogens with one attached hydrogen (secondary N) is 1. The standard InChI is InChI=1S/C12H19N3/c1-9-6-11(15(2)3)7-12(14-9)10-4-5-13-8-10/h6-7,10,13H,4-5,8H2,1-3H3/t10-/m0/s1. The van der Waals surface area contributed by atoms with Crippen molar-refractivity contribution in [1.29, 1.82) is 0 Å². The number of anilines is 1. The molecule has 0 amide bonds. The topological polar surface area (TPSA) is 28.2 Å². The molecule has 1 N–H and O–H groups in total. The van der Waals surface area contributed by atoms with Gasteiger partial charge in [0.25, 0.3) is 0 Å². The molecule has 1 fully saturated rings. The molecule has 1 aliphatic rings. The van der Waals surface area contributed by atoms with Gasteiger partial charge in [-0.3, -0.25) is 4.98 Å². The summed E-state index contributed by atoms with van der Waals surface area (Å²) < 4.78 is 0. The smallest absolute Gasteiger partial charge is 0.0471 e. The lowest BCUT2D eigenvalue weighted by Gasteiger charge is -2.16. The van der Waals surface area contributed by atoms with Crippen LogP contribution in [0.4, 0.5) is 5.69 Å². The highest BCUT2D eigenvalue weighted by Gasteiger charge is 2.18. The summed E-state index contributed by atoms with van der Waals surface area (Å²) in [6.07, 6.45) is 1.21. The molecule has 3 nitrogen and oxygen atoms in total. The molecule has 2 rings (SSSR count). The van der Waals surface area contributed by atoms with Gasteiger partial charge in [0.05, 0.1) is 0 Å². The van der Waals surface area contributed by atoms with Gasteiger partial charge < -0.3 is 10.2 Å². The second-order valence-corrected chi connectivity index (χ2v) is 4.48. The third-order valence-corrected chi connectivity index (χ3v) is 2.95. The van der Waals surface area contributed by atoms with Crippen molar-refractivity contribution >= 4 is 5.69 Å². The van der Waals surface area contributed by atoms with Gasteiger partial charge in [-0.25, -0.2) is 0 Å². The van der Waals surface area contributed by atoms with E-state index in [1.54, 1.807) is 0 Å². The van der Waals surface area contributed by atoms with Crippen molar-refractivity contribution in [3.05, 3.63) is 23.5 Å². The molecular weight excluding hydrogens is 186 g/mol. The fourth-order valence-corrected chi connectivity index (χ4v) is 2.05. The Balaban J connectivity index is 2.30. The van der Waals surface area contributed by atoms with Gasteiger partial charge in [-0.1, -0.05) is 0 Å². The molecule has 0 unspecified atom stereocenters. The SMILES string of the molecule is Cc1cc(N(C)C)cc([C@H]2CCNC2)n1. The van der Waals surface area contributed by atoms with Gasteiger partial charge in [-0.2, -0.15) is 0 Å². The summed E-state index contributed by atoms with van der Waals surface area (Å²) in [4.78, 5) is 6.77. The molecule has 1 saturated heterocycles. The molecule has 82 valence electrons. The first-order valence-corrected chi connectivity index (χ1v) is 5.53. The minimum absolute atomic E-state index is 0.601. The molecule has 0 spiro atoms. The number of aromatic nitrogens is 1. The van der Waals surface area contributed by atoms with Crippen LogP contribution in [-0.4, -0.2) is 32.2 Å². The average molecular weight is 205 g/mol. The normalized spacial score (nSPS) is 20.6. The number of rotatable bonds is 2. The van der Waals surface area contributed by atoms with Crippen molar-refractivity contribution < 1.29 is 0 Å². The lowest BCUT2D eigenvalue weighted by molar-refractivity contribution is 0.730. The van der Waals surface area contributed by atoms with Gasteiger partial charge in [0.1, 0.15) is 0 Å². The second kappa shape index (κ2) is 4.19. The monoisotopic (exact) mass is 205 g/mol. The predicted octanol–water partition coefficient (Wildman–Crippen LogP) is 1.53. The third kappa shape index (κ3) is 2.29. The molecule has 1 aliphatic heterocycles. The fraction of sp³-hybridized carbons (Fsp3) is 0.583. The number of pyridine rings is 1. The Hall–Kier alpha value is -1.09. The van der Waals surface area contributed by atoms with E-state index in [0.29, 0.717) is 5.92 Å². The summed E-state index contributed by atoms with van der Waals surface area (Å²) in [6.45, 7) is 4.26. The van der Waals surface area contributed by atoms with Gasteiger partial charge in [-0.15, -0.1) is 0 Å². The van der Waals surface area contributed by atoms with Crippen LogP contribution in [0.5, 0.6) is 0 Å². The van der Waals surface area contributed by atoms with Crippen molar-refractivity contribution in [2.45, 2.75) is 19.3 Å². The van der Waals surface area contributed by atoms with Crippen molar-refractivity contribution in [2.24, 2.45) is 0 Å². The van der Waals surface area contributed by atoms with Gasteiger partial charge >= 0.3 is 0 Å². The lowest BCUT2D eigenvalue weighted by atomic mass is 10.0. The first-order valence-electron chi connectivity index (χ1n) is 5.53. The Labute approximate surface area is 91.5 Å². The second-order valence-electron chi connectivity index (χ2n) is 4.48. The zero-order chi connectivity index (χ0) is 10.8. The molecule has 0 saturated carbocycles. The van der Waals surface area contributed by atoms with E-state index in [1.807, 2.05) is 0 Å². The maximum Gasteiger partial charge on any atom is 0.0471 e. The molecule has 0 aromatic carbocycles. The van der Waals surface area contributed by atoms with Gasteiger partial charge in [-0.05, 0) is 32.0 Å². The largest absolute Gasteiger partial charge is 0.378 e. The molecule has 1 aromatic heterocycles. The molecule has 1 aromatic rings. The van der Waals surface area contributed by atoms with Crippen molar-refractivity contribution in [1.82, 2.24) is 10.3 Å². The van der Waals surface area contributed by atoms with E-state index in [2.05, 4.69) is 48.4 Å². The maximum atomic E-state index is 4.63. The highest BCUT2D eigenvalue weighted by molar-refractivity contribution is 5.47. The molecule has 0 aliphatic carbocycles. The molecule has 3 heteroatoms. The summed E-state index contributed by atoms with van der Waals surface area (Å²) in [5, 5.41) is 3.39. The van der Waals surface area contributed by atoms with E-state index < -0.39 is 0 Å². The Kier molecular flexibility index (Phi) is 2.91. The van der Waals surface area contributed by atoms with E-state index >= 15 is 0 Å². The van der Waals surface area contributed by atoms with E-state index in [-0.39, 0.29) is 0 Å². The Morgan fingerprint density at radius 3 is 2.80 bits per heavy atom. The Morgan fingerprint density at radius 1 is 1.40 bits per heavy atom. The average Bonchev–Trinajstić information content (AvgIpc) is 2.69. The van der Waals surface area contributed by atoms with Gasteiger partial charge in [0.15, 0.2) is 0 Å². The first kappa shape index (κ1) is 10.4. The molecule has 0 bridgehead atoms. The van der Waals surface area contributed by atoms with Crippen molar-refractivity contribution in [3.8, 4) is 0 Å². The lowest BCUT2D eigenvalue weighted by Crippen LogP contribution is -2.12. The minimum Gasteiger partial charge on any atom is -0.378 e. The summed E-state index contributed by atoms with van der Waals surface area (Å²) in [5.41, 5.74) is 3.61. The van der Waals surface area contributed by atoms with Crippen molar-refractivity contribution in [2.75, 3.05) is 32.1 Å². The highest BCUT2D eigenvalue weighted by Crippen LogP contribution is 2.24. The Bertz CT molecular complexity index is 341. The van der Waals surface area contributed by atoms with Crippen LogP contribution in [0.1, 0.15) is 23.7 Å². The van der Waals surface area contributed by atoms with Crippen LogP contribution < -0.4 is 10.2 Å². The van der Waals surface area contributed by atoms with Crippen LogP contribution in [0, 0.1) is 6.92 Å². The Morgan fingerprint density at radius 2 is 2.20 bits per heavy atom. The molecule has 0 radical (unpaired) electrons. The van der Waals surface area contributed by atoms with Crippen LogP contribution in [0.2, 0.25) is 0 Å².